The molecule has 2 aromatic rings. The molecule has 2 atom stereocenters. The minimum Gasteiger partial charge on any atom is -0.379 e. The van der Waals surface area contributed by atoms with E-state index in [0.29, 0.717) is 43.0 Å². The van der Waals surface area contributed by atoms with Crippen LogP contribution in [0.5, 0.6) is 0 Å². The zero-order valence-corrected chi connectivity index (χ0v) is 18.5. The van der Waals surface area contributed by atoms with Crippen LogP contribution in [0.2, 0.25) is 0 Å². The number of sulfonamides is 1. The number of hydrogen-bond donors (Lipinski definition) is 0. The largest absolute Gasteiger partial charge is 0.379 e. The summed E-state index contributed by atoms with van der Waals surface area (Å²) in [5.41, 5.74) is 1.76. The number of hydrogen-bond acceptors (Lipinski definition) is 5. The molecule has 1 aromatic heterocycles. The predicted molar refractivity (Wildman–Crippen MR) is 113 cm³/mol. The van der Waals surface area contributed by atoms with Gasteiger partial charge in [-0.1, -0.05) is 13.8 Å². The minimum atomic E-state index is -3.51. The van der Waals surface area contributed by atoms with E-state index in [-0.39, 0.29) is 0 Å². The summed E-state index contributed by atoms with van der Waals surface area (Å²) < 4.78 is 35.0. The van der Waals surface area contributed by atoms with E-state index in [0.717, 1.165) is 43.0 Å². The Balaban J connectivity index is 1.64. The Labute approximate surface area is 173 Å². The Morgan fingerprint density at radius 1 is 1.14 bits per heavy atom. The fraction of sp³-hybridized carbons (Fsp3) is 0.667. The monoisotopic (exact) mass is 420 g/mol. The molecule has 0 N–H and O–H groups in total. The van der Waals surface area contributed by atoms with Gasteiger partial charge in [0, 0.05) is 32.7 Å². The van der Waals surface area contributed by atoms with E-state index in [1.807, 2.05) is 6.07 Å². The SMILES string of the molecule is CCn1c(CN2C[C@H](C)C[C@@H](C)C2)nc2cc(S(=O)(=O)N3CCOCC3)ccc21. The van der Waals surface area contributed by atoms with Gasteiger partial charge in [0.25, 0.3) is 0 Å². The summed E-state index contributed by atoms with van der Waals surface area (Å²) in [6.07, 6.45) is 1.28. The van der Waals surface area contributed by atoms with Crippen molar-refractivity contribution in [3.05, 3.63) is 24.0 Å². The first-order chi connectivity index (χ1) is 13.9. The number of nitrogens with zero attached hydrogens (tertiary/aromatic N) is 4. The highest BCUT2D eigenvalue weighted by atomic mass is 32.2. The van der Waals surface area contributed by atoms with Crippen molar-refractivity contribution in [1.29, 1.82) is 0 Å². The summed E-state index contributed by atoms with van der Waals surface area (Å²) in [4.78, 5) is 7.66. The van der Waals surface area contributed by atoms with Crippen molar-refractivity contribution in [3.8, 4) is 0 Å². The fourth-order valence-corrected chi connectivity index (χ4v) is 6.28. The van der Waals surface area contributed by atoms with E-state index in [4.69, 9.17) is 9.72 Å². The van der Waals surface area contributed by atoms with Gasteiger partial charge in [0.2, 0.25) is 10.0 Å². The van der Waals surface area contributed by atoms with Crippen LogP contribution in [0.1, 0.15) is 33.0 Å². The van der Waals surface area contributed by atoms with Crippen LogP contribution in [0.15, 0.2) is 23.1 Å². The third-order valence-electron chi connectivity index (χ3n) is 6.03. The van der Waals surface area contributed by atoms with E-state index in [1.54, 1.807) is 12.1 Å². The predicted octanol–water partition coefficient (Wildman–Crippen LogP) is 2.56. The Morgan fingerprint density at radius 2 is 1.83 bits per heavy atom. The van der Waals surface area contributed by atoms with Crippen molar-refractivity contribution in [2.24, 2.45) is 11.8 Å². The molecule has 2 saturated heterocycles. The van der Waals surface area contributed by atoms with Gasteiger partial charge in [0.05, 0.1) is 35.7 Å². The number of imidazole rings is 1. The smallest absolute Gasteiger partial charge is 0.243 e. The van der Waals surface area contributed by atoms with Crippen LogP contribution in [0.4, 0.5) is 0 Å². The molecule has 0 radical (unpaired) electrons. The molecule has 2 aliphatic heterocycles. The number of benzene rings is 1. The quantitative estimate of drug-likeness (QED) is 0.744. The summed E-state index contributed by atoms with van der Waals surface area (Å²) in [6, 6.07) is 5.36. The second-order valence-electron chi connectivity index (χ2n) is 8.58. The molecule has 0 bridgehead atoms. The molecule has 160 valence electrons. The lowest BCUT2D eigenvalue weighted by molar-refractivity contribution is 0.0730. The molecular weight excluding hydrogens is 388 g/mol. The Kier molecular flexibility index (Phi) is 5.97. The van der Waals surface area contributed by atoms with Gasteiger partial charge in [-0.25, -0.2) is 13.4 Å². The molecule has 2 fully saturated rings. The van der Waals surface area contributed by atoms with Crippen molar-refractivity contribution in [3.63, 3.8) is 0 Å². The van der Waals surface area contributed by atoms with E-state index < -0.39 is 10.0 Å². The first-order valence-electron chi connectivity index (χ1n) is 10.7. The standard InChI is InChI=1S/C21H32N4O3S/c1-4-25-20-6-5-18(29(26,27)24-7-9-28-10-8-24)12-19(20)22-21(25)15-23-13-16(2)11-17(3)14-23/h5-6,12,16-17H,4,7-11,13-15H2,1-3H3/t16-,17-/m1/s1. The topological polar surface area (TPSA) is 67.7 Å². The second kappa shape index (κ2) is 8.34. The summed E-state index contributed by atoms with van der Waals surface area (Å²) in [7, 11) is -3.51. The first kappa shape index (κ1) is 20.8. The maximum Gasteiger partial charge on any atom is 0.243 e. The fourth-order valence-electron chi connectivity index (χ4n) is 4.85. The zero-order chi connectivity index (χ0) is 20.6. The molecule has 8 heteroatoms. The minimum absolute atomic E-state index is 0.319. The van der Waals surface area contributed by atoms with Crippen LogP contribution in [0.25, 0.3) is 11.0 Å². The molecule has 7 nitrogen and oxygen atoms in total. The van der Waals surface area contributed by atoms with Crippen LogP contribution in [0.3, 0.4) is 0 Å². The van der Waals surface area contributed by atoms with Crippen molar-refractivity contribution in [2.75, 3.05) is 39.4 Å². The normalized spacial score (nSPS) is 24.9. The lowest BCUT2D eigenvalue weighted by Crippen LogP contribution is -2.40. The molecule has 0 spiro atoms. The first-order valence-corrected chi connectivity index (χ1v) is 12.1. The highest BCUT2D eigenvalue weighted by Gasteiger charge is 2.28. The van der Waals surface area contributed by atoms with Crippen molar-refractivity contribution in [1.82, 2.24) is 18.8 Å². The van der Waals surface area contributed by atoms with Gasteiger partial charge in [-0.2, -0.15) is 4.31 Å². The number of aryl methyl sites for hydroxylation is 1. The maximum atomic E-state index is 13.0. The highest BCUT2D eigenvalue weighted by molar-refractivity contribution is 7.89. The van der Waals surface area contributed by atoms with Gasteiger partial charge in [-0.3, -0.25) is 4.90 Å². The lowest BCUT2D eigenvalue weighted by Gasteiger charge is -2.34. The Hall–Kier alpha value is -1.48. The number of piperidine rings is 1. The van der Waals surface area contributed by atoms with Crippen LogP contribution in [0, 0.1) is 11.8 Å². The summed E-state index contributed by atoms with van der Waals surface area (Å²) in [6.45, 7) is 12.3. The zero-order valence-electron chi connectivity index (χ0n) is 17.7. The van der Waals surface area contributed by atoms with Crippen molar-refractivity contribution >= 4 is 21.1 Å². The number of aromatic nitrogens is 2. The summed E-state index contributed by atoms with van der Waals surface area (Å²) in [5, 5.41) is 0. The average Bonchev–Trinajstić information content (AvgIpc) is 3.03. The van der Waals surface area contributed by atoms with Gasteiger partial charge < -0.3 is 9.30 Å². The highest BCUT2D eigenvalue weighted by Crippen LogP contribution is 2.26. The number of likely N-dealkylation sites (tertiary alicyclic amines) is 1. The van der Waals surface area contributed by atoms with Gasteiger partial charge in [0.1, 0.15) is 5.82 Å². The third-order valence-corrected chi connectivity index (χ3v) is 7.93. The number of rotatable bonds is 5. The van der Waals surface area contributed by atoms with E-state index >= 15 is 0 Å². The summed E-state index contributed by atoms with van der Waals surface area (Å²) >= 11 is 0. The molecule has 0 unspecified atom stereocenters. The van der Waals surface area contributed by atoms with Gasteiger partial charge >= 0.3 is 0 Å². The van der Waals surface area contributed by atoms with Gasteiger partial charge in [0.15, 0.2) is 0 Å². The number of morpholine rings is 1. The van der Waals surface area contributed by atoms with Crippen LogP contribution in [-0.2, 0) is 27.8 Å². The molecule has 2 aliphatic rings. The molecule has 0 amide bonds. The van der Waals surface area contributed by atoms with Gasteiger partial charge in [-0.05, 0) is 43.4 Å². The van der Waals surface area contributed by atoms with Crippen LogP contribution in [-0.4, -0.2) is 66.6 Å². The van der Waals surface area contributed by atoms with Crippen LogP contribution >= 0.6 is 0 Å². The lowest BCUT2D eigenvalue weighted by atomic mass is 9.92. The molecular formula is C21H32N4O3S. The molecule has 3 heterocycles. The third kappa shape index (κ3) is 4.21. The molecule has 4 rings (SSSR count). The Morgan fingerprint density at radius 3 is 2.48 bits per heavy atom. The molecule has 0 aliphatic carbocycles. The van der Waals surface area contributed by atoms with Crippen molar-refractivity contribution in [2.45, 2.75) is 45.2 Å². The number of fused-ring (bicyclic) bond motifs is 1. The number of ether oxygens (including phenoxy) is 1. The van der Waals surface area contributed by atoms with E-state index in [2.05, 4.69) is 30.2 Å². The van der Waals surface area contributed by atoms with Gasteiger partial charge in [-0.15, -0.1) is 0 Å². The van der Waals surface area contributed by atoms with E-state index in [1.165, 1.54) is 10.7 Å². The average molecular weight is 421 g/mol. The van der Waals surface area contributed by atoms with E-state index in [9.17, 15) is 8.42 Å². The Bertz CT molecular complexity index is 956. The maximum absolute atomic E-state index is 13.0. The summed E-state index contributed by atoms with van der Waals surface area (Å²) in [5.74, 6) is 2.41. The van der Waals surface area contributed by atoms with Crippen LogP contribution < -0.4 is 0 Å². The molecule has 29 heavy (non-hydrogen) atoms. The molecule has 0 saturated carbocycles. The molecule has 1 aromatic carbocycles. The second-order valence-corrected chi connectivity index (χ2v) is 10.5. The van der Waals surface area contributed by atoms with Crippen molar-refractivity contribution < 1.29 is 13.2 Å².